The smallest absolute Gasteiger partial charge is 0.464 e. The lowest BCUT2D eigenvalue weighted by Crippen LogP contribution is -2.34. The van der Waals surface area contributed by atoms with E-state index in [0.29, 0.717) is 0 Å². The Kier molecular flexibility index (Phi) is 3.70. The maximum atomic E-state index is 12.0. The van der Waals surface area contributed by atoms with Crippen molar-refractivity contribution in [2.45, 2.75) is 11.4 Å². The number of alkyl halides is 5. The molecule has 0 unspecified atom stereocenters. The van der Waals surface area contributed by atoms with Gasteiger partial charge < -0.3 is 4.74 Å². The lowest BCUT2D eigenvalue weighted by molar-refractivity contribution is -0.237. The second-order valence-corrected chi connectivity index (χ2v) is 3.29. The number of thiocarbonyl (C=S) groups is 1. The summed E-state index contributed by atoms with van der Waals surface area (Å²) >= 11 is 3.19. The Morgan fingerprint density at radius 3 is 1.92 bits per heavy atom. The maximum absolute atomic E-state index is 12.0. The van der Waals surface area contributed by atoms with Gasteiger partial charge in [-0.3, -0.25) is 0 Å². The fourth-order valence-corrected chi connectivity index (χ4v) is 0.927. The van der Waals surface area contributed by atoms with E-state index >= 15 is 0 Å². The first-order valence-corrected chi connectivity index (χ1v) is 3.64. The van der Waals surface area contributed by atoms with Crippen molar-refractivity contribution < 1.29 is 26.7 Å². The van der Waals surface area contributed by atoms with E-state index in [1.165, 1.54) is 0 Å². The fraction of sp³-hybridized carbons (Fsp3) is 0.750. The number of rotatable bonds is 1. The van der Waals surface area contributed by atoms with E-state index in [-0.39, 0.29) is 0 Å². The molecule has 0 aromatic carbocycles. The lowest BCUT2D eigenvalue weighted by Gasteiger charge is -2.17. The third-order valence-electron chi connectivity index (χ3n) is 0.708. The van der Waals surface area contributed by atoms with E-state index in [0.717, 1.165) is 7.11 Å². The number of thioether (sulfide) groups is 1. The molecule has 0 N–H and O–H groups in total. The molecule has 0 bridgehead atoms. The summed E-state index contributed by atoms with van der Waals surface area (Å²) in [7, 11) is 0.918. The SMILES string of the molecule is COC(=S)SC(F)(F)C(F)(F)F. The number of hydrogen-bond donors (Lipinski definition) is 0. The van der Waals surface area contributed by atoms with Crippen LogP contribution in [0.25, 0.3) is 0 Å². The topological polar surface area (TPSA) is 9.23 Å². The molecule has 0 heterocycles. The van der Waals surface area contributed by atoms with Crippen molar-refractivity contribution in [3.8, 4) is 0 Å². The van der Waals surface area contributed by atoms with Gasteiger partial charge in [-0.25, -0.2) is 0 Å². The van der Waals surface area contributed by atoms with Gasteiger partial charge in [-0.2, -0.15) is 22.0 Å². The molecule has 0 amide bonds. The van der Waals surface area contributed by atoms with Crippen LogP contribution in [0.15, 0.2) is 0 Å². The highest BCUT2D eigenvalue weighted by Crippen LogP contribution is 2.44. The van der Waals surface area contributed by atoms with E-state index in [1.54, 1.807) is 0 Å². The molecule has 72 valence electrons. The normalized spacial score (nSPS) is 12.8. The summed E-state index contributed by atoms with van der Waals surface area (Å²) in [4.78, 5) is 0. The van der Waals surface area contributed by atoms with Crippen molar-refractivity contribution in [1.82, 2.24) is 0 Å². The standard InChI is InChI=1S/C4H3F5OS2/c1-10-2(11)12-4(8,9)3(5,6)7/h1H3. The van der Waals surface area contributed by atoms with Gasteiger partial charge in [-0.15, -0.1) is 0 Å². The quantitative estimate of drug-likeness (QED) is 0.502. The van der Waals surface area contributed by atoms with Crippen LogP contribution in [0.1, 0.15) is 0 Å². The first-order valence-electron chi connectivity index (χ1n) is 2.42. The second-order valence-electron chi connectivity index (χ2n) is 1.57. The van der Waals surface area contributed by atoms with Crippen LogP contribution in [0.4, 0.5) is 22.0 Å². The molecule has 0 radical (unpaired) electrons. The second kappa shape index (κ2) is 3.73. The predicted molar refractivity (Wildman–Crippen MR) is 38.2 cm³/mol. The minimum Gasteiger partial charge on any atom is -0.482 e. The Morgan fingerprint density at radius 1 is 1.25 bits per heavy atom. The molecule has 8 heteroatoms. The molecule has 12 heavy (non-hydrogen) atoms. The molecule has 0 aliphatic heterocycles. The van der Waals surface area contributed by atoms with Gasteiger partial charge in [-0.05, 0) is 12.2 Å². The first-order chi connectivity index (χ1) is 5.20. The summed E-state index contributed by atoms with van der Waals surface area (Å²) in [6, 6.07) is 0. The zero-order valence-corrected chi connectivity index (χ0v) is 7.25. The van der Waals surface area contributed by atoms with Crippen molar-refractivity contribution in [2.75, 3.05) is 7.11 Å². The molecule has 0 rings (SSSR count). The fourth-order valence-electron chi connectivity index (χ4n) is 0.204. The van der Waals surface area contributed by atoms with E-state index < -0.39 is 27.6 Å². The van der Waals surface area contributed by atoms with Crippen LogP contribution < -0.4 is 0 Å². The molecule has 0 aliphatic carbocycles. The summed E-state index contributed by atoms with van der Waals surface area (Å²) in [6.45, 7) is 0. The average molecular weight is 226 g/mol. The van der Waals surface area contributed by atoms with Gasteiger partial charge in [0.05, 0.1) is 7.11 Å². The van der Waals surface area contributed by atoms with Gasteiger partial charge in [0.1, 0.15) is 0 Å². The molecule has 0 saturated heterocycles. The minimum atomic E-state index is -5.61. The molecule has 0 aromatic heterocycles. The minimum absolute atomic E-state index is 0.840. The van der Waals surface area contributed by atoms with Crippen LogP contribution in [0.5, 0.6) is 0 Å². The number of methoxy groups -OCH3 is 1. The summed E-state index contributed by atoms with van der Waals surface area (Å²) in [5.74, 6) is 0. The van der Waals surface area contributed by atoms with Crippen LogP contribution >= 0.6 is 24.0 Å². The first kappa shape index (κ1) is 11.9. The molecule has 0 fully saturated rings. The van der Waals surface area contributed by atoms with Crippen LogP contribution in [0.2, 0.25) is 0 Å². The largest absolute Gasteiger partial charge is 0.482 e. The Bertz CT molecular complexity index is 177. The Balaban J connectivity index is 4.33. The molecule has 0 spiro atoms. The van der Waals surface area contributed by atoms with Crippen LogP contribution in [-0.2, 0) is 4.74 Å². The van der Waals surface area contributed by atoms with Crippen molar-refractivity contribution >= 4 is 28.4 Å². The monoisotopic (exact) mass is 226 g/mol. The van der Waals surface area contributed by atoms with Crippen LogP contribution in [0, 0.1) is 0 Å². The lowest BCUT2D eigenvalue weighted by atomic mass is 10.7. The Hall–Kier alpha value is -0.110. The number of ether oxygens (including phenoxy) is 1. The van der Waals surface area contributed by atoms with E-state index in [2.05, 4.69) is 17.0 Å². The summed E-state index contributed by atoms with van der Waals surface area (Å²) < 4.78 is 61.6. The van der Waals surface area contributed by atoms with Gasteiger partial charge >= 0.3 is 11.4 Å². The van der Waals surface area contributed by atoms with Crippen molar-refractivity contribution in [2.24, 2.45) is 0 Å². The van der Waals surface area contributed by atoms with E-state index in [4.69, 9.17) is 0 Å². The van der Waals surface area contributed by atoms with Gasteiger partial charge in [0.2, 0.25) is 4.38 Å². The third-order valence-corrected chi connectivity index (χ3v) is 1.95. The van der Waals surface area contributed by atoms with Gasteiger partial charge in [0.15, 0.2) is 0 Å². The zero-order chi connectivity index (χ0) is 9.99. The van der Waals surface area contributed by atoms with Crippen molar-refractivity contribution in [3.05, 3.63) is 0 Å². The van der Waals surface area contributed by atoms with Crippen molar-refractivity contribution in [1.29, 1.82) is 0 Å². The van der Waals surface area contributed by atoms with Crippen molar-refractivity contribution in [3.63, 3.8) is 0 Å². The molecule has 0 aromatic rings. The molecular weight excluding hydrogens is 223 g/mol. The molecule has 0 atom stereocenters. The molecule has 0 aliphatic rings. The van der Waals surface area contributed by atoms with E-state index in [9.17, 15) is 22.0 Å². The van der Waals surface area contributed by atoms with Crippen LogP contribution in [0.3, 0.4) is 0 Å². The highest BCUT2D eigenvalue weighted by Gasteiger charge is 2.59. The molecule has 0 saturated carbocycles. The molecular formula is C4H3F5OS2. The third kappa shape index (κ3) is 3.10. The molecule has 1 nitrogen and oxygen atoms in total. The zero-order valence-electron chi connectivity index (χ0n) is 5.61. The highest BCUT2D eigenvalue weighted by atomic mass is 32.2. The maximum Gasteiger partial charge on any atom is 0.464 e. The van der Waals surface area contributed by atoms with Gasteiger partial charge in [0.25, 0.3) is 0 Å². The van der Waals surface area contributed by atoms with Gasteiger partial charge in [-0.1, -0.05) is 0 Å². The number of hydrogen-bond acceptors (Lipinski definition) is 3. The number of halogens is 5. The summed E-state index contributed by atoms with van der Waals surface area (Å²) in [6.07, 6.45) is -5.61. The predicted octanol–water partition coefficient (Wildman–Crippen LogP) is 2.81. The highest BCUT2D eigenvalue weighted by molar-refractivity contribution is 8.23. The average Bonchev–Trinajstić information content (AvgIpc) is 1.84. The van der Waals surface area contributed by atoms with Gasteiger partial charge in [0, 0.05) is 11.8 Å². The Morgan fingerprint density at radius 2 is 1.67 bits per heavy atom. The van der Waals surface area contributed by atoms with Crippen LogP contribution in [-0.4, -0.2) is 22.9 Å². The summed E-state index contributed by atoms with van der Waals surface area (Å²) in [5.41, 5.74) is 0. The van der Waals surface area contributed by atoms with E-state index in [1.807, 2.05) is 0 Å². The summed E-state index contributed by atoms with van der Waals surface area (Å²) in [5, 5.41) is -4.89. The Labute approximate surface area is 74.3 Å².